The lowest BCUT2D eigenvalue weighted by Crippen LogP contribution is -2.26. The molecule has 1 aliphatic heterocycles. The lowest BCUT2D eigenvalue weighted by molar-refractivity contribution is -0.286. The average Bonchev–Trinajstić information content (AvgIpc) is 3.04. The number of nitrogens with one attached hydrogen (secondary N) is 1. The molecule has 0 saturated carbocycles. The maximum atomic E-state index is 13.3. The average molecular weight is 297 g/mol. The van der Waals surface area contributed by atoms with Gasteiger partial charge in [-0.1, -0.05) is 18.1 Å². The first-order valence-electron chi connectivity index (χ1n) is 6.54. The van der Waals surface area contributed by atoms with E-state index in [0.717, 1.165) is 16.5 Å². The zero-order valence-corrected chi connectivity index (χ0v) is 11.2. The number of aromatic nitrogens is 1. The molecule has 1 aliphatic rings. The van der Waals surface area contributed by atoms with E-state index in [9.17, 15) is 8.78 Å². The van der Waals surface area contributed by atoms with Crippen LogP contribution < -0.4 is 9.47 Å². The van der Waals surface area contributed by atoms with Crippen molar-refractivity contribution in [3.8, 4) is 35.0 Å². The van der Waals surface area contributed by atoms with Crippen molar-refractivity contribution >= 4 is 10.9 Å². The molecule has 0 aliphatic carbocycles. The first-order chi connectivity index (χ1) is 10.6. The maximum Gasteiger partial charge on any atom is 0.586 e. The second-order valence-corrected chi connectivity index (χ2v) is 4.91. The number of hydrogen-bond donors (Lipinski definition) is 1. The van der Waals surface area contributed by atoms with Gasteiger partial charge in [0.25, 0.3) is 0 Å². The molecule has 3 aromatic rings. The van der Waals surface area contributed by atoms with Gasteiger partial charge in [0.2, 0.25) is 0 Å². The van der Waals surface area contributed by atoms with Gasteiger partial charge in [-0.2, -0.15) is 0 Å². The molecule has 0 atom stereocenters. The number of ether oxygens (including phenoxy) is 2. The van der Waals surface area contributed by atoms with Crippen molar-refractivity contribution in [2.75, 3.05) is 0 Å². The molecule has 0 radical (unpaired) electrons. The fourth-order valence-electron chi connectivity index (χ4n) is 2.61. The minimum Gasteiger partial charge on any atom is -0.395 e. The summed E-state index contributed by atoms with van der Waals surface area (Å²) in [7, 11) is 0. The summed E-state index contributed by atoms with van der Waals surface area (Å²) in [6.45, 7) is 0. The van der Waals surface area contributed by atoms with Crippen molar-refractivity contribution in [2.45, 2.75) is 6.29 Å². The third-order valence-electron chi connectivity index (χ3n) is 3.57. The molecule has 0 saturated heterocycles. The number of benzene rings is 2. The van der Waals surface area contributed by atoms with Gasteiger partial charge in [0.05, 0.1) is 0 Å². The van der Waals surface area contributed by atoms with Crippen molar-refractivity contribution in [3.63, 3.8) is 0 Å². The summed E-state index contributed by atoms with van der Waals surface area (Å²) < 4.78 is 35.8. The lowest BCUT2D eigenvalue weighted by Gasteiger charge is -2.06. The van der Waals surface area contributed by atoms with Gasteiger partial charge in [0.1, 0.15) is 0 Å². The van der Waals surface area contributed by atoms with Gasteiger partial charge in [0, 0.05) is 33.8 Å². The quantitative estimate of drug-likeness (QED) is 0.685. The van der Waals surface area contributed by atoms with Crippen LogP contribution in [0.3, 0.4) is 0 Å². The van der Waals surface area contributed by atoms with Gasteiger partial charge in [-0.05, 0) is 24.3 Å². The molecule has 5 heteroatoms. The van der Waals surface area contributed by atoms with Crippen LogP contribution in [0.5, 0.6) is 11.5 Å². The topological polar surface area (TPSA) is 34.2 Å². The molecule has 22 heavy (non-hydrogen) atoms. The van der Waals surface area contributed by atoms with Crippen molar-refractivity contribution < 1.29 is 18.3 Å². The van der Waals surface area contributed by atoms with Gasteiger partial charge in [-0.3, -0.25) is 0 Å². The van der Waals surface area contributed by atoms with E-state index in [2.05, 4.69) is 20.4 Å². The summed E-state index contributed by atoms with van der Waals surface area (Å²) in [4.78, 5) is 3.10. The second-order valence-electron chi connectivity index (χ2n) is 4.91. The molecule has 0 unspecified atom stereocenters. The maximum absolute atomic E-state index is 13.3. The van der Waals surface area contributed by atoms with Crippen LogP contribution >= 0.6 is 0 Å². The van der Waals surface area contributed by atoms with Gasteiger partial charge in [-0.15, -0.1) is 15.2 Å². The van der Waals surface area contributed by atoms with Crippen LogP contribution in [-0.4, -0.2) is 11.3 Å². The van der Waals surface area contributed by atoms with E-state index in [1.165, 1.54) is 6.07 Å². The Hall–Kier alpha value is -3.00. The third-order valence-corrected chi connectivity index (χ3v) is 3.57. The molecule has 4 rings (SSSR count). The van der Waals surface area contributed by atoms with Crippen LogP contribution in [0, 0.1) is 12.3 Å². The Morgan fingerprint density at radius 1 is 1.09 bits per heavy atom. The molecular formula is C17H9F2NO2. The Morgan fingerprint density at radius 3 is 2.77 bits per heavy atom. The van der Waals surface area contributed by atoms with E-state index in [4.69, 9.17) is 6.42 Å². The fourth-order valence-corrected chi connectivity index (χ4v) is 2.61. The zero-order chi connectivity index (χ0) is 15.3. The number of aromatic amines is 1. The Balaban J connectivity index is 1.95. The highest BCUT2D eigenvalue weighted by Gasteiger charge is 2.44. The molecule has 0 fully saturated rings. The molecule has 3 nitrogen and oxygen atoms in total. The zero-order valence-electron chi connectivity index (χ0n) is 11.2. The molecule has 1 N–H and O–H groups in total. The Bertz CT molecular complexity index is 937. The summed E-state index contributed by atoms with van der Waals surface area (Å²) in [6.07, 6.45) is 3.51. The van der Waals surface area contributed by atoms with Crippen LogP contribution in [0.4, 0.5) is 8.78 Å². The highest BCUT2D eigenvalue weighted by molar-refractivity contribution is 5.98. The van der Waals surface area contributed by atoms with Gasteiger partial charge in [0.15, 0.2) is 11.5 Å². The van der Waals surface area contributed by atoms with E-state index in [-0.39, 0.29) is 11.5 Å². The van der Waals surface area contributed by atoms with Crippen LogP contribution in [0.25, 0.3) is 22.0 Å². The van der Waals surface area contributed by atoms with Gasteiger partial charge in [-0.25, -0.2) is 0 Å². The van der Waals surface area contributed by atoms with Gasteiger partial charge < -0.3 is 14.5 Å². The summed E-state index contributed by atoms with van der Waals surface area (Å²) in [5, 5.41) is 0.836. The Labute approximate surface area is 124 Å². The SMILES string of the molecule is C#Cc1ccc2[nH]cc(-c3cccc4c3OC(F)(F)O4)c2c1. The number of para-hydroxylation sites is 1. The minimum absolute atomic E-state index is 0.0185. The third kappa shape index (κ3) is 1.81. The number of terminal acetylenes is 1. The number of hydrogen-bond acceptors (Lipinski definition) is 2. The summed E-state index contributed by atoms with van der Waals surface area (Å²) in [5.41, 5.74) is 2.82. The van der Waals surface area contributed by atoms with Crippen molar-refractivity contribution in [1.29, 1.82) is 0 Å². The van der Waals surface area contributed by atoms with Crippen molar-refractivity contribution in [1.82, 2.24) is 4.98 Å². The molecule has 0 spiro atoms. The largest absolute Gasteiger partial charge is 0.586 e. The molecule has 2 aromatic carbocycles. The first kappa shape index (κ1) is 12.7. The first-order valence-corrected chi connectivity index (χ1v) is 6.54. The predicted octanol–water partition coefficient (Wildman–Crippen LogP) is 4.14. The number of fused-ring (bicyclic) bond motifs is 2. The number of rotatable bonds is 1. The highest BCUT2D eigenvalue weighted by atomic mass is 19.3. The second kappa shape index (κ2) is 4.25. The van der Waals surface area contributed by atoms with Crippen LogP contribution in [0.1, 0.15) is 5.56 Å². The minimum atomic E-state index is -3.64. The number of alkyl halides is 2. The fraction of sp³-hybridized carbons (Fsp3) is 0.0588. The molecular weight excluding hydrogens is 288 g/mol. The smallest absolute Gasteiger partial charge is 0.395 e. The summed E-state index contributed by atoms with van der Waals surface area (Å²) >= 11 is 0. The molecule has 1 aromatic heterocycles. The molecule has 0 amide bonds. The summed E-state index contributed by atoms with van der Waals surface area (Å²) in [6, 6.07) is 10.3. The Morgan fingerprint density at radius 2 is 1.95 bits per heavy atom. The van der Waals surface area contributed by atoms with E-state index < -0.39 is 6.29 Å². The molecule has 2 heterocycles. The van der Waals surface area contributed by atoms with E-state index in [0.29, 0.717) is 11.1 Å². The molecule has 108 valence electrons. The van der Waals surface area contributed by atoms with Crippen LogP contribution in [-0.2, 0) is 0 Å². The number of halogens is 2. The number of H-pyrrole nitrogens is 1. The molecule has 0 bridgehead atoms. The Kier molecular flexibility index (Phi) is 2.46. The van der Waals surface area contributed by atoms with Crippen molar-refractivity contribution in [3.05, 3.63) is 48.2 Å². The monoisotopic (exact) mass is 297 g/mol. The van der Waals surface area contributed by atoms with Crippen LogP contribution in [0.15, 0.2) is 42.6 Å². The normalized spacial score (nSPS) is 15.0. The van der Waals surface area contributed by atoms with Crippen LogP contribution in [0.2, 0.25) is 0 Å². The predicted molar refractivity (Wildman–Crippen MR) is 77.9 cm³/mol. The van der Waals surface area contributed by atoms with Gasteiger partial charge >= 0.3 is 6.29 Å². The lowest BCUT2D eigenvalue weighted by atomic mass is 10.0. The van der Waals surface area contributed by atoms with E-state index in [1.54, 1.807) is 18.3 Å². The van der Waals surface area contributed by atoms with Crippen molar-refractivity contribution in [2.24, 2.45) is 0 Å². The highest BCUT2D eigenvalue weighted by Crippen LogP contribution is 2.48. The van der Waals surface area contributed by atoms with E-state index >= 15 is 0 Å². The standard InChI is InChI=1S/C17H9F2NO2/c1-2-10-6-7-14-12(8-10)13(9-20-14)11-4-3-5-15-16(11)22-17(18,19)21-15/h1,3-9,20H. The van der Waals surface area contributed by atoms with E-state index in [1.807, 2.05) is 18.2 Å². The summed E-state index contributed by atoms with van der Waals surface area (Å²) in [5.74, 6) is 2.61.